The fourth-order valence-electron chi connectivity index (χ4n) is 6.78. The Morgan fingerprint density at radius 3 is 1.68 bits per heavy atom. The van der Waals surface area contributed by atoms with Gasteiger partial charge in [-0.25, -0.2) is 0 Å². The van der Waals surface area contributed by atoms with E-state index in [1.807, 2.05) is 125 Å². The summed E-state index contributed by atoms with van der Waals surface area (Å²) >= 11 is 0. The van der Waals surface area contributed by atoms with Crippen molar-refractivity contribution in [3.63, 3.8) is 0 Å². The van der Waals surface area contributed by atoms with Gasteiger partial charge in [-0.2, -0.15) is 0 Å². The van der Waals surface area contributed by atoms with Gasteiger partial charge in [0, 0.05) is 23.2 Å². The Morgan fingerprint density at radius 1 is 0.662 bits per heavy atom. The van der Waals surface area contributed by atoms with Crippen molar-refractivity contribution < 1.29 is 18.5 Å². The van der Waals surface area contributed by atoms with Crippen molar-refractivity contribution >= 4 is 38.9 Å². The zero-order valence-electron chi connectivity index (χ0n) is 44.8. The zero-order valence-corrected chi connectivity index (χ0v) is 46.6. The summed E-state index contributed by atoms with van der Waals surface area (Å²) in [6.45, 7) is 34.9. The first kappa shape index (κ1) is 59.2. The average molecular weight is 991 g/mol. The van der Waals surface area contributed by atoms with E-state index in [1.54, 1.807) is 10.4 Å². The molecule has 2 unspecified atom stereocenters. The number of benzene rings is 4. The molecule has 376 valence electrons. The van der Waals surface area contributed by atoms with Crippen LogP contribution in [0, 0.1) is 13.8 Å². The summed E-state index contributed by atoms with van der Waals surface area (Å²) in [5.74, 6) is 2.83. The van der Waals surface area contributed by atoms with Crippen molar-refractivity contribution in [2.24, 2.45) is 0 Å². The van der Waals surface area contributed by atoms with Gasteiger partial charge in [-0.15, -0.1) is 0 Å². The molecule has 1 N–H and O–H groups in total. The zero-order chi connectivity index (χ0) is 52.3. The first-order valence-corrected chi connectivity index (χ1v) is 26.9. The van der Waals surface area contributed by atoms with E-state index < -0.39 is 17.1 Å². The highest BCUT2D eigenvalue weighted by Crippen LogP contribution is 2.48. The summed E-state index contributed by atoms with van der Waals surface area (Å²) < 4.78 is 22.9. The lowest BCUT2D eigenvalue weighted by molar-refractivity contribution is 0.409. The van der Waals surface area contributed by atoms with Crippen molar-refractivity contribution in [2.75, 3.05) is 0 Å². The molecule has 0 aliphatic rings. The minimum atomic E-state index is -1.75. The molecule has 71 heavy (non-hydrogen) atoms. The average Bonchev–Trinajstić information content (AvgIpc) is 3.98. The molecule has 2 atom stereocenters. The van der Waals surface area contributed by atoms with Crippen molar-refractivity contribution in [3.05, 3.63) is 240 Å². The third kappa shape index (κ3) is 20.2. The van der Waals surface area contributed by atoms with Gasteiger partial charge in [0.25, 0.3) is 0 Å². The number of hydrogen-bond acceptors (Lipinski definition) is 4. The van der Waals surface area contributed by atoms with Gasteiger partial charge >= 0.3 is 17.1 Å². The molecule has 0 saturated carbocycles. The number of allylic oxidation sites excluding steroid dienone is 15. The van der Waals surface area contributed by atoms with Crippen LogP contribution in [0.1, 0.15) is 123 Å². The fourth-order valence-corrected chi connectivity index (χ4v) is 9.09. The quantitative estimate of drug-likeness (QED) is 0.0403. The molecule has 0 spiro atoms. The van der Waals surface area contributed by atoms with Gasteiger partial charge in [0.05, 0.1) is 11.0 Å². The maximum atomic E-state index is 10.6. The molecule has 2 aromatic heterocycles. The Balaban J connectivity index is 0.000000345. The Labute approximate surface area is 430 Å². The van der Waals surface area contributed by atoms with E-state index in [4.69, 9.17) is 13.6 Å². The Kier molecular flexibility index (Phi) is 26.6. The second kappa shape index (κ2) is 31.9. The van der Waals surface area contributed by atoms with Crippen LogP contribution < -0.4 is 9.05 Å². The van der Waals surface area contributed by atoms with E-state index in [-0.39, 0.29) is 0 Å². The number of nitrogens with zero attached hydrogens (tertiary/aromatic N) is 2. The molecule has 6 rings (SSSR count). The third-order valence-corrected chi connectivity index (χ3v) is 13.3. The molecule has 6 nitrogen and oxygen atoms in total. The van der Waals surface area contributed by atoms with Crippen molar-refractivity contribution in [3.8, 4) is 11.5 Å². The standard InChI is InChI=1S/C35H42NO2P.C18H20NO2P.C5H10.C5H8/c1-8-10-11-15-31(21-18-28(5)14-9-2)22-20-30(7)37-39(36-25-24-32-16-12-13-17-34(32)36)38-35-26-29(6)19-23-33(35)27(3)4;1-13(2)16-9-8-14(3)12-18(16)21-22(20)19-11-10-15-6-4-5-7-17(15)19;1-4-5(2)3;1-3-5-4-2/h8,10-17,19-27H,7,9,18H2,1-6H3;4-13,20H,1-3H3;4H,1-3H3;3-5H,1H2,2H3/b10-8-,15-11-,22-20-,28-14+,31-21-;;;5-4-. The number of para-hydroxylation sites is 2. The maximum absolute atomic E-state index is 10.6. The predicted molar refractivity (Wildman–Crippen MR) is 313 cm³/mol. The first-order chi connectivity index (χ1) is 34.1. The number of rotatable bonds is 18. The molecule has 0 aliphatic carbocycles. The molecule has 0 fully saturated rings. The molecule has 0 radical (unpaired) electrons. The van der Waals surface area contributed by atoms with Crippen LogP contribution >= 0.6 is 17.1 Å². The highest BCUT2D eigenvalue weighted by atomic mass is 31.2. The molecule has 0 amide bonds. The van der Waals surface area contributed by atoms with Crippen LogP contribution in [0.5, 0.6) is 11.5 Å². The second-order valence-electron chi connectivity index (χ2n) is 17.8. The van der Waals surface area contributed by atoms with E-state index >= 15 is 0 Å². The Hall–Kier alpha value is -6.16. The van der Waals surface area contributed by atoms with Crippen molar-refractivity contribution in [1.82, 2.24) is 8.68 Å². The van der Waals surface area contributed by atoms with Crippen molar-refractivity contribution in [2.45, 2.75) is 115 Å². The monoisotopic (exact) mass is 991 g/mol. The smallest absolute Gasteiger partial charge is 0.421 e. The minimum Gasteiger partial charge on any atom is -0.431 e. The fraction of sp³-hybridized carbons (Fsp3) is 0.270. The summed E-state index contributed by atoms with van der Waals surface area (Å²) in [6, 6.07) is 32.8. The van der Waals surface area contributed by atoms with Crippen LogP contribution in [-0.2, 0) is 4.52 Å². The van der Waals surface area contributed by atoms with Gasteiger partial charge in [0.15, 0.2) is 0 Å². The summed E-state index contributed by atoms with van der Waals surface area (Å²) in [5, 5.41) is 2.24. The number of fused-ring (bicyclic) bond motifs is 2. The number of hydrogen-bond donors (Lipinski definition) is 1. The lowest BCUT2D eigenvalue weighted by atomic mass is 10.0. The van der Waals surface area contributed by atoms with E-state index in [1.165, 1.54) is 11.1 Å². The molecular weight excluding hydrogens is 911 g/mol. The number of aromatic nitrogens is 2. The minimum absolute atomic E-state index is 0.323. The Bertz CT molecular complexity index is 2810. The molecular formula is C63H80N2O4P2. The molecule has 6 aromatic rings. The lowest BCUT2D eigenvalue weighted by Crippen LogP contribution is -2.03. The molecule has 0 aliphatic heterocycles. The van der Waals surface area contributed by atoms with Gasteiger partial charge in [-0.1, -0.05) is 186 Å². The van der Waals surface area contributed by atoms with Crippen LogP contribution in [0.25, 0.3) is 21.8 Å². The van der Waals surface area contributed by atoms with E-state index in [2.05, 4.69) is 159 Å². The highest BCUT2D eigenvalue weighted by molar-refractivity contribution is 7.46. The van der Waals surface area contributed by atoms with Gasteiger partial charge < -0.3 is 18.5 Å². The summed E-state index contributed by atoms with van der Waals surface area (Å²) in [4.78, 5) is 10.6. The lowest BCUT2D eigenvalue weighted by Gasteiger charge is -2.22. The van der Waals surface area contributed by atoms with Gasteiger partial charge in [0.2, 0.25) is 0 Å². The summed E-state index contributed by atoms with van der Waals surface area (Å²) in [7, 11) is -3.30. The van der Waals surface area contributed by atoms with E-state index in [0.29, 0.717) is 17.6 Å². The van der Waals surface area contributed by atoms with E-state index in [9.17, 15) is 4.89 Å². The topological polar surface area (TPSA) is 57.8 Å². The predicted octanol–water partition coefficient (Wildman–Crippen LogP) is 20.1. The summed E-state index contributed by atoms with van der Waals surface area (Å²) in [6.07, 6.45) is 30.2. The van der Waals surface area contributed by atoms with Crippen LogP contribution in [0.3, 0.4) is 0 Å². The second-order valence-corrected chi connectivity index (χ2v) is 20.2. The summed E-state index contributed by atoms with van der Waals surface area (Å²) in [5.41, 5.74) is 10.4. The van der Waals surface area contributed by atoms with Crippen molar-refractivity contribution in [1.29, 1.82) is 0 Å². The van der Waals surface area contributed by atoms with E-state index in [0.717, 1.165) is 74.0 Å². The van der Waals surface area contributed by atoms with Gasteiger partial charge in [-0.05, 0) is 150 Å². The molecule has 2 heterocycles. The largest absolute Gasteiger partial charge is 0.431 e. The third-order valence-electron chi connectivity index (χ3n) is 10.8. The number of aryl methyl sites for hydroxylation is 2. The van der Waals surface area contributed by atoms with Crippen LogP contribution in [-0.4, -0.2) is 13.6 Å². The van der Waals surface area contributed by atoms with Crippen LogP contribution in [0.2, 0.25) is 0 Å². The maximum Gasteiger partial charge on any atom is 0.421 e. The SMILES string of the molecule is C=C(\C=C/C(/C=C\C=C/C)=C\C/C(C)=C/CC)OP(Oc1cc(C)ccc1C(C)C)n1ccc2ccccc21.C=C/C=C\C.CC=C(C)C.Cc1ccc(C(C)C)c(OP(O)n2ccc3ccccc32)c1. The molecule has 4 aromatic carbocycles. The molecule has 0 saturated heterocycles. The first-order valence-electron chi connectivity index (χ1n) is 24.6. The molecule has 0 bridgehead atoms. The molecule has 8 heteroatoms. The Morgan fingerprint density at radius 2 is 1.18 bits per heavy atom. The van der Waals surface area contributed by atoms with Gasteiger partial charge in [-0.3, -0.25) is 8.68 Å². The van der Waals surface area contributed by atoms with Crippen LogP contribution in [0.4, 0.5) is 0 Å². The normalized spacial score (nSPS) is 12.7. The van der Waals surface area contributed by atoms with Crippen LogP contribution in [0.15, 0.2) is 218 Å². The highest BCUT2D eigenvalue weighted by Gasteiger charge is 2.23. The van der Waals surface area contributed by atoms with Gasteiger partial charge in [0.1, 0.15) is 17.3 Å².